The SMILES string of the molecule is C#C[C@]1(O)CCC2C3CCC4=C(CCC5(C4)OCCO5)C3=CCC21C. The summed E-state index contributed by atoms with van der Waals surface area (Å²) in [6.45, 7) is 3.69. The van der Waals surface area contributed by atoms with E-state index in [9.17, 15) is 5.11 Å². The van der Waals surface area contributed by atoms with Crippen molar-refractivity contribution in [3.05, 3.63) is 22.8 Å². The highest BCUT2D eigenvalue weighted by atomic mass is 16.7. The number of hydrogen-bond donors (Lipinski definition) is 1. The van der Waals surface area contributed by atoms with Gasteiger partial charge in [0.2, 0.25) is 0 Å². The fraction of sp³-hybridized carbons (Fsp3) is 0.727. The fourth-order valence-corrected chi connectivity index (χ4v) is 6.54. The minimum atomic E-state index is -0.934. The van der Waals surface area contributed by atoms with Crippen molar-refractivity contribution in [1.82, 2.24) is 0 Å². The van der Waals surface area contributed by atoms with Crippen LogP contribution in [0.3, 0.4) is 0 Å². The summed E-state index contributed by atoms with van der Waals surface area (Å²) in [4.78, 5) is 0. The molecule has 1 heterocycles. The third kappa shape index (κ3) is 2.05. The average molecular weight is 340 g/mol. The van der Waals surface area contributed by atoms with Gasteiger partial charge in [-0.15, -0.1) is 6.42 Å². The van der Waals surface area contributed by atoms with E-state index in [-0.39, 0.29) is 11.2 Å². The van der Waals surface area contributed by atoms with Crippen molar-refractivity contribution in [2.75, 3.05) is 13.2 Å². The van der Waals surface area contributed by atoms with Gasteiger partial charge in [-0.2, -0.15) is 0 Å². The summed E-state index contributed by atoms with van der Waals surface area (Å²) in [5, 5.41) is 11.0. The van der Waals surface area contributed by atoms with Crippen molar-refractivity contribution >= 4 is 0 Å². The van der Waals surface area contributed by atoms with E-state index in [4.69, 9.17) is 15.9 Å². The maximum Gasteiger partial charge on any atom is 0.172 e. The van der Waals surface area contributed by atoms with Gasteiger partial charge in [0.15, 0.2) is 5.79 Å². The summed E-state index contributed by atoms with van der Waals surface area (Å²) in [5.41, 5.74) is 3.61. The second kappa shape index (κ2) is 5.22. The summed E-state index contributed by atoms with van der Waals surface area (Å²) in [6, 6.07) is 0. The molecule has 2 fully saturated rings. The molecule has 4 aliphatic carbocycles. The molecule has 25 heavy (non-hydrogen) atoms. The molecule has 0 aromatic heterocycles. The van der Waals surface area contributed by atoms with E-state index in [1.165, 1.54) is 6.42 Å². The van der Waals surface area contributed by atoms with Gasteiger partial charge in [0.05, 0.1) is 13.2 Å². The van der Waals surface area contributed by atoms with Crippen LogP contribution in [0.5, 0.6) is 0 Å². The lowest BCUT2D eigenvalue weighted by Crippen LogP contribution is -2.48. The van der Waals surface area contributed by atoms with Crippen LogP contribution < -0.4 is 0 Å². The lowest BCUT2D eigenvalue weighted by atomic mass is 9.56. The summed E-state index contributed by atoms with van der Waals surface area (Å²) in [7, 11) is 0. The number of fused-ring (bicyclic) bond motifs is 4. The van der Waals surface area contributed by atoms with Gasteiger partial charge in [-0.1, -0.05) is 24.5 Å². The van der Waals surface area contributed by atoms with Crippen LogP contribution in [0.1, 0.15) is 58.3 Å². The summed E-state index contributed by atoms with van der Waals surface area (Å²) >= 11 is 0. The first kappa shape index (κ1) is 16.1. The Labute approximate surface area is 150 Å². The Morgan fingerprint density at radius 1 is 1.20 bits per heavy atom. The van der Waals surface area contributed by atoms with Crippen molar-refractivity contribution in [3.8, 4) is 12.3 Å². The van der Waals surface area contributed by atoms with Crippen LogP contribution in [0.4, 0.5) is 0 Å². The molecule has 1 spiro atoms. The largest absolute Gasteiger partial charge is 0.377 e. The molecule has 4 atom stereocenters. The van der Waals surface area contributed by atoms with E-state index in [1.54, 1.807) is 16.7 Å². The molecule has 0 amide bonds. The van der Waals surface area contributed by atoms with Gasteiger partial charge in [-0.05, 0) is 61.5 Å². The Kier molecular flexibility index (Phi) is 3.37. The molecule has 1 saturated heterocycles. The molecule has 3 heteroatoms. The lowest BCUT2D eigenvalue weighted by molar-refractivity contribution is -0.164. The predicted molar refractivity (Wildman–Crippen MR) is 95.5 cm³/mol. The number of hydrogen-bond acceptors (Lipinski definition) is 3. The van der Waals surface area contributed by atoms with Gasteiger partial charge in [0.25, 0.3) is 0 Å². The monoisotopic (exact) mass is 340 g/mol. The highest BCUT2D eigenvalue weighted by molar-refractivity contribution is 5.45. The van der Waals surface area contributed by atoms with Gasteiger partial charge in [-0.3, -0.25) is 0 Å². The number of ether oxygens (including phenoxy) is 2. The van der Waals surface area contributed by atoms with Gasteiger partial charge < -0.3 is 14.6 Å². The molecule has 5 aliphatic rings. The summed E-state index contributed by atoms with van der Waals surface area (Å²) in [6.07, 6.45) is 16.2. The Bertz CT molecular complexity index is 705. The Hall–Kier alpha value is -1.08. The van der Waals surface area contributed by atoms with E-state index in [1.807, 2.05) is 0 Å². The molecule has 1 aliphatic heterocycles. The molecule has 0 aromatic carbocycles. The molecule has 1 N–H and O–H groups in total. The van der Waals surface area contributed by atoms with E-state index < -0.39 is 5.60 Å². The number of terminal acetylenes is 1. The number of rotatable bonds is 0. The lowest BCUT2D eigenvalue weighted by Gasteiger charge is -2.50. The second-order valence-corrected chi connectivity index (χ2v) is 8.94. The Balaban J connectivity index is 1.49. The molecule has 1 saturated carbocycles. The second-order valence-electron chi connectivity index (χ2n) is 8.94. The molecule has 0 aromatic rings. The predicted octanol–water partition coefficient (Wildman–Crippen LogP) is 3.73. The van der Waals surface area contributed by atoms with E-state index in [0.29, 0.717) is 11.8 Å². The van der Waals surface area contributed by atoms with Crippen LogP contribution in [0, 0.1) is 29.6 Å². The van der Waals surface area contributed by atoms with Gasteiger partial charge in [0, 0.05) is 18.3 Å². The van der Waals surface area contributed by atoms with Crippen LogP contribution in [0.15, 0.2) is 22.8 Å². The van der Waals surface area contributed by atoms with Crippen molar-refractivity contribution < 1.29 is 14.6 Å². The quantitative estimate of drug-likeness (QED) is 0.683. The van der Waals surface area contributed by atoms with Crippen molar-refractivity contribution in [1.29, 1.82) is 0 Å². The molecule has 0 bridgehead atoms. The molecule has 134 valence electrons. The Morgan fingerprint density at radius 3 is 2.76 bits per heavy atom. The molecular weight excluding hydrogens is 312 g/mol. The minimum absolute atomic E-state index is 0.165. The standard InChI is InChI=1S/C22H28O3/c1-3-21(23)10-8-19-18-5-4-15-14-22(24-12-13-25-22)11-7-16(15)17(18)6-9-20(19,21)2/h1,6,18-19,23H,4-5,7-14H2,2H3/t18?,19?,20?,21-/m0/s1. The maximum atomic E-state index is 11.0. The maximum absolute atomic E-state index is 11.0. The molecular formula is C22H28O3. The van der Waals surface area contributed by atoms with Gasteiger partial charge in [0.1, 0.15) is 5.60 Å². The van der Waals surface area contributed by atoms with Crippen molar-refractivity contribution in [3.63, 3.8) is 0 Å². The first-order valence-corrected chi connectivity index (χ1v) is 9.90. The smallest absolute Gasteiger partial charge is 0.172 e. The number of allylic oxidation sites excluding steroid dienone is 3. The van der Waals surface area contributed by atoms with Crippen LogP contribution in [-0.2, 0) is 9.47 Å². The fourth-order valence-electron chi connectivity index (χ4n) is 6.54. The molecule has 3 unspecified atom stereocenters. The summed E-state index contributed by atoms with van der Waals surface area (Å²) in [5.74, 6) is 3.50. The topological polar surface area (TPSA) is 38.7 Å². The first-order chi connectivity index (χ1) is 12.0. The average Bonchev–Trinajstić information content (AvgIpc) is 3.18. The van der Waals surface area contributed by atoms with Gasteiger partial charge in [-0.25, -0.2) is 0 Å². The van der Waals surface area contributed by atoms with Crippen LogP contribution in [-0.4, -0.2) is 29.7 Å². The third-order valence-corrected chi connectivity index (χ3v) is 8.03. The first-order valence-electron chi connectivity index (χ1n) is 9.90. The normalized spacial score (nSPS) is 44.8. The zero-order valence-electron chi connectivity index (χ0n) is 15.1. The minimum Gasteiger partial charge on any atom is -0.377 e. The highest BCUT2D eigenvalue weighted by Gasteiger charge is 2.60. The van der Waals surface area contributed by atoms with Crippen LogP contribution in [0.25, 0.3) is 0 Å². The van der Waals surface area contributed by atoms with Crippen LogP contribution in [0.2, 0.25) is 0 Å². The van der Waals surface area contributed by atoms with Gasteiger partial charge >= 0.3 is 0 Å². The van der Waals surface area contributed by atoms with E-state index in [2.05, 4.69) is 18.9 Å². The Morgan fingerprint density at radius 2 is 2.00 bits per heavy atom. The van der Waals surface area contributed by atoms with Crippen molar-refractivity contribution in [2.45, 2.75) is 69.7 Å². The molecule has 0 radical (unpaired) electrons. The zero-order valence-corrected chi connectivity index (χ0v) is 15.1. The van der Waals surface area contributed by atoms with Crippen molar-refractivity contribution in [2.24, 2.45) is 17.3 Å². The highest BCUT2D eigenvalue weighted by Crippen LogP contribution is 2.62. The summed E-state index contributed by atoms with van der Waals surface area (Å²) < 4.78 is 11.9. The van der Waals surface area contributed by atoms with E-state index in [0.717, 1.165) is 58.2 Å². The molecule has 3 nitrogen and oxygen atoms in total. The van der Waals surface area contributed by atoms with E-state index >= 15 is 0 Å². The molecule has 5 rings (SSSR count). The third-order valence-electron chi connectivity index (χ3n) is 8.03. The zero-order chi connectivity index (χ0) is 17.3. The van der Waals surface area contributed by atoms with Crippen LogP contribution >= 0.6 is 0 Å². The number of aliphatic hydroxyl groups is 1.